The lowest BCUT2D eigenvalue weighted by Gasteiger charge is -2.40. The molecule has 0 saturated heterocycles. The number of Topliss-reactive ketones (excluding diaryl/α,β-unsaturated/α-hetero) is 2. The maximum absolute atomic E-state index is 15.1. The van der Waals surface area contributed by atoms with E-state index in [1.807, 2.05) is 20.8 Å². The monoisotopic (exact) mass is 501 g/mol. The van der Waals surface area contributed by atoms with Gasteiger partial charge in [-0.3, -0.25) is 19.2 Å². The summed E-state index contributed by atoms with van der Waals surface area (Å²) in [5.74, 6) is -8.53. The number of hydrogen-bond donors (Lipinski definition) is 6. The Hall–Kier alpha value is -3.73. The van der Waals surface area contributed by atoms with Crippen molar-refractivity contribution in [1.82, 2.24) is 5.32 Å². The van der Waals surface area contributed by atoms with Gasteiger partial charge < -0.3 is 31.7 Å². The lowest BCUT2D eigenvalue weighted by Crippen LogP contribution is -2.43. The fraction of sp³-hybridized carbons (Fsp3) is 0.440. The number of allylic oxidation sites excluding steroid dienone is 3. The van der Waals surface area contributed by atoms with Crippen molar-refractivity contribution in [2.75, 3.05) is 11.9 Å². The molecule has 0 spiro atoms. The number of hydrogen-bond acceptors (Lipinski definition) is 8. The van der Waals surface area contributed by atoms with Crippen LogP contribution in [0.25, 0.3) is 0 Å². The normalized spacial score (nSPS) is 23.7. The number of ketones is 2. The number of rotatable bonds is 4. The highest BCUT2D eigenvalue weighted by atomic mass is 19.1. The predicted octanol–water partition coefficient (Wildman–Crippen LogP) is 1.93. The highest BCUT2D eigenvalue weighted by Crippen LogP contribution is 2.50. The average molecular weight is 502 g/mol. The van der Waals surface area contributed by atoms with Gasteiger partial charge in [-0.05, 0) is 45.4 Å². The maximum atomic E-state index is 15.1. The van der Waals surface area contributed by atoms with Gasteiger partial charge in [0.2, 0.25) is 5.91 Å². The highest BCUT2D eigenvalue weighted by Gasteiger charge is 2.50. The zero-order valence-electron chi connectivity index (χ0n) is 20.1. The number of primary amides is 1. The molecule has 3 aliphatic rings. The minimum atomic E-state index is -1.27. The fourth-order valence-corrected chi connectivity index (χ4v) is 5.30. The summed E-state index contributed by atoms with van der Waals surface area (Å²) in [6.07, 6.45) is 0.00332. The maximum Gasteiger partial charge on any atom is 0.255 e. The van der Waals surface area contributed by atoms with E-state index in [-0.39, 0.29) is 48.2 Å². The van der Waals surface area contributed by atoms with Crippen LogP contribution >= 0.6 is 0 Å². The molecule has 0 fully saturated rings. The molecule has 192 valence electrons. The second-order valence-electron chi connectivity index (χ2n) is 10.5. The minimum Gasteiger partial charge on any atom is -0.511 e. The molecule has 1 aromatic carbocycles. The smallest absolute Gasteiger partial charge is 0.255 e. The molecule has 3 aliphatic carbocycles. The van der Waals surface area contributed by atoms with Crippen molar-refractivity contribution < 1.29 is 38.9 Å². The molecule has 0 radical (unpaired) electrons. The quantitative estimate of drug-likeness (QED) is 0.267. The Bertz CT molecular complexity index is 1280. The highest BCUT2D eigenvalue weighted by molar-refractivity contribution is 6.22. The van der Waals surface area contributed by atoms with Crippen LogP contribution in [-0.4, -0.2) is 50.8 Å². The van der Waals surface area contributed by atoms with Gasteiger partial charge in [0.05, 0.1) is 23.7 Å². The van der Waals surface area contributed by atoms with Gasteiger partial charge in [0.15, 0.2) is 17.3 Å². The van der Waals surface area contributed by atoms with Crippen LogP contribution in [0.3, 0.4) is 0 Å². The Morgan fingerprint density at radius 3 is 2.44 bits per heavy atom. The first kappa shape index (κ1) is 25.4. The van der Waals surface area contributed by atoms with E-state index in [9.17, 15) is 34.5 Å². The van der Waals surface area contributed by atoms with Gasteiger partial charge in [-0.1, -0.05) is 0 Å². The van der Waals surface area contributed by atoms with Crippen LogP contribution in [0.2, 0.25) is 0 Å². The molecule has 3 atom stereocenters. The Morgan fingerprint density at radius 2 is 1.83 bits per heavy atom. The molecule has 0 aliphatic heterocycles. The molecule has 4 rings (SSSR count). The average Bonchev–Trinajstić information content (AvgIpc) is 2.74. The first-order valence-electron chi connectivity index (χ1n) is 11.5. The number of phenols is 1. The molecule has 1 unspecified atom stereocenters. The van der Waals surface area contributed by atoms with E-state index in [0.29, 0.717) is 0 Å². The Labute approximate surface area is 206 Å². The summed E-state index contributed by atoms with van der Waals surface area (Å²) in [6.45, 7) is 5.42. The Morgan fingerprint density at radius 1 is 1.17 bits per heavy atom. The molecule has 0 heterocycles. The molecular formula is C25H28FN3O7. The molecule has 11 heteroatoms. The van der Waals surface area contributed by atoms with Crippen molar-refractivity contribution in [1.29, 1.82) is 0 Å². The van der Waals surface area contributed by atoms with E-state index in [1.165, 1.54) is 0 Å². The van der Waals surface area contributed by atoms with Crippen LogP contribution < -0.4 is 16.4 Å². The van der Waals surface area contributed by atoms with Crippen molar-refractivity contribution in [3.63, 3.8) is 0 Å². The lowest BCUT2D eigenvalue weighted by atomic mass is 9.62. The number of aromatic hydroxyl groups is 1. The zero-order chi connectivity index (χ0) is 26.7. The lowest BCUT2D eigenvalue weighted by molar-refractivity contribution is -0.126. The number of aliphatic hydroxyl groups excluding tert-OH is 2. The summed E-state index contributed by atoms with van der Waals surface area (Å²) in [5.41, 5.74) is 3.31. The van der Waals surface area contributed by atoms with Crippen molar-refractivity contribution in [2.45, 2.75) is 45.6 Å². The number of fused-ring (bicyclic) bond motifs is 3. The van der Waals surface area contributed by atoms with Crippen LogP contribution in [0.4, 0.5) is 10.1 Å². The molecule has 36 heavy (non-hydrogen) atoms. The first-order valence-corrected chi connectivity index (χ1v) is 11.5. The third-order valence-electron chi connectivity index (χ3n) is 6.89. The molecule has 7 N–H and O–H groups in total. The topological polar surface area (TPSA) is 179 Å². The van der Waals surface area contributed by atoms with Crippen molar-refractivity contribution >= 4 is 29.1 Å². The second-order valence-corrected chi connectivity index (χ2v) is 10.5. The first-order chi connectivity index (χ1) is 16.7. The standard InChI is InChI=1S/C25H28FN3O7/c1-25(2,3)28-8-15(31)29-13-7-12(26)11-5-9-4-10-6-14(30)19(24(27)36)23(35)17(10)21(33)16(9)22(34)18(11)20(13)32/h7,9-10,17,28,30,32-33H,4-6,8H2,1-3H3,(H2,27,36)(H,29,31)/t9?,10-,17+/m0/s1. The predicted molar refractivity (Wildman–Crippen MR) is 126 cm³/mol. The van der Waals surface area contributed by atoms with Crippen LogP contribution in [0.1, 0.15) is 49.5 Å². The minimum absolute atomic E-state index is 0.0514. The van der Waals surface area contributed by atoms with Gasteiger partial charge >= 0.3 is 0 Å². The van der Waals surface area contributed by atoms with E-state index < -0.39 is 75.4 Å². The summed E-state index contributed by atoms with van der Waals surface area (Å²) in [6, 6.07) is 0.939. The number of nitrogens with two attached hydrogens (primary N) is 1. The van der Waals surface area contributed by atoms with E-state index in [1.54, 1.807) is 0 Å². The van der Waals surface area contributed by atoms with Crippen molar-refractivity contribution in [3.05, 3.63) is 45.7 Å². The number of nitrogens with one attached hydrogen (secondary N) is 2. The van der Waals surface area contributed by atoms with Gasteiger partial charge in [-0.2, -0.15) is 0 Å². The van der Waals surface area contributed by atoms with E-state index in [4.69, 9.17) is 5.73 Å². The molecule has 1 aromatic rings. The number of amides is 2. The van der Waals surface area contributed by atoms with Crippen molar-refractivity contribution in [3.8, 4) is 5.75 Å². The summed E-state index contributed by atoms with van der Waals surface area (Å²) >= 11 is 0. The van der Waals surface area contributed by atoms with E-state index >= 15 is 4.39 Å². The summed E-state index contributed by atoms with van der Waals surface area (Å²) in [5, 5.41) is 37.3. The summed E-state index contributed by atoms with van der Waals surface area (Å²) in [7, 11) is 0. The zero-order valence-corrected chi connectivity index (χ0v) is 20.1. The number of carbonyl (C=O) groups excluding carboxylic acids is 4. The number of carbonyl (C=O) groups is 4. The van der Waals surface area contributed by atoms with Gasteiger partial charge in [0.25, 0.3) is 5.91 Å². The molecule has 0 aromatic heterocycles. The van der Waals surface area contributed by atoms with Gasteiger partial charge in [0.1, 0.15) is 22.9 Å². The molecule has 2 amide bonds. The molecular weight excluding hydrogens is 473 g/mol. The Balaban J connectivity index is 1.72. The summed E-state index contributed by atoms with van der Waals surface area (Å²) < 4.78 is 15.1. The number of halogens is 1. The molecule has 10 nitrogen and oxygen atoms in total. The fourth-order valence-electron chi connectivity index (χ4n) is 5.30. The molecule has 0 bridgehead atoms. The second kappa shape index (κ2) is 8.74. The SMILES string of the molecule is CC(C)(C)NCC(=O)Nc1cc(F)c2c(c1O)C(=O)C1=C(O)[C@@H]3C(=O)C(C(N)=O)=C(O)C[C@@H]3CC1C2. The number of anilines is 1. The summed E-state index contributed by atoms with van der Waals surface area (Å²) in [4.78, 5) is 50.3. The van der Waals surface area contributed by atoms with Crippen LogP contribution in [0.5, 0.6) is 5.75 Å². The number of benzene rings is 1. The van der Waals surface area contributed by atoms with Gasteiger partial charge in [-0.15, -0.1) is 0 Å². The third-order valence-corrected chi connectivity index (χ3v) is 6.89. The van der Waals surface area contributed by atoms with E-state index in [0.717, 1.165) is 6.07 Å². The van der Waals surface area contributed by atoms with Gasteiger partial charge in [0, 0.05) is 29.2 Å². The van der Waals surface area contributed by atoms with Crippen LogP contribution in [0.15, 0.2) is 28.7 Å². The number of aliphatic hydroxyl groups is 2. The third kappa shape index (κ3) is 4.23. The largest absolute Gasteiger partial charge is 0.511 e. The van der Waals surface area contributed by atoms with Crippen molar-refractivity contribution in [2.24, 2.45) is 23.5 Å². The van der Waals surface area contributed by atoms with E-state index in [2.05, 4.69) is 10.6 Å². The van der Waals surface area contributed by atoms with Gasteiger partial charge in [-0.25, -0.2) is 4.39 Å². The Kier molecular flexibility index (Phi) is 6.16. The van der Waals surface area contributed by atoms with Crippen LogP contribution in [0, 0.1) is 23.6 Å². The molecule has 0 saturated carbocycles. The van der Waals surface area contributed by atoms with Crippen LogP contribution in [-0.2, 0) is 20.8 Å². The number of phenolic OH excluding ortho intramolecular Hbond substituents is 1.